The van der Waals surface area contributed by atoms with E-state index in [2.05, 4.69) is 4.98 Å². The van der Waals surface area contributed by atoms with Gasteiger partial charge in [-0.3, -0.25) is 0 Å². The van der Waals surface area contributed by atoms with Crippen LogP contribution in [0.25, 0.3) is 10.9 Å². The number of hydrogen-bond donors (Lipinski definition) is 2. The Labute approximate surface area is 101 Å². The SMILES string of the molecule is OC1(Cc2cccc3[nH]c(C(F)(F)F)cc23)CC1. The minimum Gasteiger partial charge on any atom is -0.390 e. The second kappa shape index (κ2) is 3.51. The van der Waals surface area contributed by atoms with Crippen LogP contribution in [0.1, 0.15) is 24.1 Å². The van der Waals surface area contributed by atoms with Gasteiger partial charge in [0.05, 0.1) is 5.60 Å². The zero-order valence-electron chi connectivity index (χ0n) is 9.51. The molecule has 0 spiro atoms. The number of aromatic amines is 1. The Morgan fingerprint density at radius 2 is 2.00 bits per heavy atom. The maximum Gasteiger partial charge on any atom is 0.431 e. The number of nitrogens with one attached hydrogen (secondary N) is 1. The summed E-state index contributed by atoms with van der Waals surface area (Å²) in [5.74, 6) is 0. The molecule has 0 unspecified atom stereocenters. The van der Waals surface area contributed by atoms with Gasteiger partial charge in [0, 0.05) is 17.3 Å². The minimum absolute atomic E-state index is 0.416. The van der Waals surface area contributed by atoms with Crippen molar-refractivity contribution in [2.75, 3.05) is 0 Å². The first-order valence-electron chi connectivity index (χ1n) is 5.78. The molecule has 0 amide bonds. The molecule has 1 heterocycles. The minimum atomic E-state index is -4.37. The summed E-state index contributed by atoms with van der Waals surface area (Å²) >= 11 is 0. The van der Waals surface area contributed by atoms with Crippen LogP contribution in [0.5, 0.6) is 0 Å². The average molecular weight is 255 g/mol. The smallest absolute Gasteiger partial charge is 0.390 e. The van der Waals surface area contributed by atoms with Crippen molar-refractivity contribution in [1.29, 1.82) is 0 Å². The lowest BCUT2D eigenvalue weighted by molar-refractivity contribution is -0.140. The van der Waals surface area contributed by atoms with Crippen LogP contribution in [0, 0.1) is 0 Å². The number of hydrogen-bond acceptors (Lipinski definition) is 1. The van der Waals surface area contributed by atoms with Crippen LogP contribution in [0.15, 0.2) is 24.3 Å². The summed E-state index contributed by atoms with van der Waals surface area (Å²) in [6, 6.07) is 6.22. The third-order valence-corrected chi connectivity index (χ3v) is 3.41. The molecule has 1 saturated carbocycles. The molecule has 1 aromatic carbocycles. The molecule has 0 radical (unpaired) electrons. The fraction of sp³-hybridized carbons (Fsp3) is 0.385. The van der Waals surface area contributed by atoms with E-state index < -0.39 is 17.5 Å². The van der Waals surface area contributed by atoms with Gasteiger partial charge < -0.3 is 10.1 Å². The number of aromatic nitrogens is 1. The third-order valence-electron chi connectivity index (χ3n) is 3.41. The highest BCUT2D eigenvalue weighted by Crippen LogP contribution is 2.40. The van der Waals surface area contributed by atoms with Crippen molar-refractivity contribution in [2.24, 2.45) is 0 Å². The summed E-state index contributed by atoms with van der Waals surface area (Å²) < 4.78 is 37.9. The maximum absolute atomic E-state index is 12.6. The molecule has 0 aliphatic heterocycles. The van der Waals surface area contributed by atoms with Crippen molar-refractivity contribution in [3.63, 3.8) is 0 Å². The number of benzene rings is 1. The largest absolute Gasteiger partial charge is 0.431 e. The fourth-order valence-corrected chi connectivity index (χ4v) is 2.20. The van der Waals surface area contributed by atoms with Gasteiger partial charge in [0.1, 0.15) is 5.69 Å². The Morgan fingerprint density at radius 3 is 2.61 bits per heavy atom. The van der Waals surface area contributed by atoms with E-state index in [0.717, 1.165) is 24.5 Å². The maximum atomic E-state index is 12.6. The van der Waals surface area contributed by atoms with Gasteiger partial charge in [-0.2, -0.15) is 13.2 Å². The first-order chi connectivity index (χ1) is 8.37. The molecule has 5 heteroatoms. The van der Waals surface area contributed by atoms with E-state index in [0.29, 0.717) is 17.3 Å². The predicted octanol–water partition coefficient (Wildman–Crippen LogP) is 3.25. The van der Waals surface area contributed by atoms with Crippen molar-refractivity contribution in [2.45, 2.75) is 31.0 Å². The average Bonchev–Trinajstić information content (AvgIpc) is 2.82. The molecule has 0 atom stereocenters. The van der Waals surface area contributed by atoms with Crippen LogP contribution >= 0.6 is 0 Å². The standard InChI is InChI=1S/C13H12F3NO/c14-13(15,16)11-6-9-8(7-12(18)4-5-12)2-1-3-10(9)17-11/h1-3,6,17-18H,4-5,7H2. The molecule has 2 nitrogen and oxygen atoms in total. The van der Waals surface area contributed by atoms with Gasteiger partial charge in [0.2, 0.25) is 0 Å². The molecule has 1 fully saturated rings. The highest BCUT2D eigenvalue weighted by atomic mass is 19.4. The van der Waals surface area contributed by atoms with E-state index in [1.165, 1.54) is 0 Å². The zero-order valence-corrected chi connectivity index (χ0v) is 9.51. The quantitative estimate of drug-likeness (QED) is 0.849. The molecule has 0 saturated heterocycles. The van der Waals surface area contributed by atoms with Gasteiger partial charge in [0.15, 0.2) is 0 Å². The van der Waals surface area contributed by atoms with Crippen LogP contribution in [0.3, 0.4) is 0 Å². The van der Waals surface area contributed by atoms with Crippen LogP contribution < -0.4 is 0 Å². The zero-order chi connectivity index (χ0) is 13.0. The molecule has 1 aliphatic carbocycles. The van der Waals surface area contributed by atoms with E-state index >= 15 is 0 Å². The Morgan fingerprint density at radius 1 is 1.28 bits per heavy atom. The molecular weight excluding hydrogens is 243 g/mol. The van der Waals surface area contributed by atoms with Crippen LogP contribution in [-0.2, 0) is 12.6 Å². The van der Waals surface area contributed by atoms with Crippen molar-refractivity contribution < 1.29 is 18.3 Å². The Bertz CT molecular complexity index is 596. The second-order valence-electron chi connectivity index (χ2n) is 4.96. The lowest BCUT2D eigenvalue weighted by Gasteiger charge is -2.08. The number of H-pyrrole nitrogens is 1. The number of alkyl halides is 3. The molecule has 18 heavy (non-hydrogen) atoms. The number of rotatable bonds is 2. The molecule has 2 aromatic rings. The van der Waals surface area contributed by atoms with E-state index in [-0.39, 0.29) is 0 Å². The molecule has 2 N–H and O–H groups in total. The summed E-state index contributed by atoms with van der Waals surface area (Å²) in [4.78, 5) is 2.38. The Kier molecular flexibility index (Phi) is 2.26. The molecule has 3 rings (SSSR count). The van der Waals surface area contributed by atoms with Crippen LogP contribution in [0.2, 0.25) is 0 Å². The first-order valence-corrected chi connectivity index (χ1v) is 5.78. The molecule has 96 valence electrons. The van der Waals surface area contributed by atoms with E-state index in [4.69, 9.17) is 0 Å². The van der Waals surface area contributed by atoms with E-state index in [1.807, 2.05) is 0 Å². The summed E-state index contributed by atoms with van der Waals surface area (Å²) in [6.07, 6.45) is -2.51. The number of halogens is 3. The summed E-state index contributed by atoms with van der Waals surface area (Å²) in [5.41, 5.74) is -0.222. The van der Waals surface area contributed by atoms with Gasteiger partial charge in [-0.1, -0.05) is 12.1 Å². The Hall–Kier alpha value is -1.49. The monoisotopic (exact) mass is 255 g/mol. The fourth-order valence-electron chi connectivity index (χ4n) is 2.20. The Balaban J connectivity index is 2.07. The molecular formula is C13H12F3NO. The summed E-state index contributed by atoms with van der Waals surface area (Å²) in [7, 11) is 0. The molecule has 1 aromatic heterocycles. The highest BCUT2D eigenvalue weighted by Gasteiger charge is 2.40. The normalized spacial score (nSPS) is 18.2. The van der Waals surface area contributed by atoms with Crippen LogP contribution in [-0.4, -0.2) is 15.7 Å². The van der Waals surface area contributed by atoms with E-state index in [1.54, 1.807) is 18.2 Å². The molecule has 1 aliphatic rings. The first kappa shape index (κ1) is 11.6. The topological polar surface area (TPSA) is 36.0 Å². The third kappa shape index (κ3) is 1.99. The summed E-state index contributed by atoms with van der Waals surface area (Å²) in [6.45, 7) is 0. The predicted molar refractivity (Wildman–Crippen MR) is 61.2 cm³/mol. The lowest BCUT2D eigenvalue weighted by atomic mass is 10.0. The van der Waals surface area contributed by atoms with Crippen molar-refractivity contribution >= 4 is 10.9 Å². The number of fused-ring (bicyclic) bond motifs is 1. The number of aliphatic hydroxyl groups is 1. The van der Waals surface area contributed by atoms with Gasteiger partial charge in [-0.25, -0.2) is 0 Å². The highest BCUT2D eigenvalue weighted by molar-refractivity contribution is 5.84. The van der Waals surface area contributed by atoms with Gasteiger partial charge >= 0.3 is 6.18 Å². The van der Waals surface area contributed by atoms with E-state index in [9.17, 15) is 18.3 Å². The lowest BCUT2D eigenvalue weighted by Crippen LogP contribution is -2.10. The van der Waals surface area contributed by atoms with Crippen molar-refractivity contribution in [1.82, 2.24) is 4.98 Å². The van der Waals surface area contributed by atoms with Gasteiger partial charge in [-0.05, 0) is 30.5 Å². The second-order valence-corrected chi connectivity index (χ2v) is 4.96. The molecule has 0 bridgehead atoms. The summed E-state index contributed by atoms with van der Waals surface area (Å²) in [5, 5.41) is 10.4. The van der Waals surface area contributed by atoms with Crippen LogP contribution in [0.4, 0.5) is 13.2 Å². The van der Waals surface area contributed by atoms with Gasteiger partial charge in [-0.15, -0.1) is 0 Å². The van der Waals surface area contributed by atoms with Crippen molar-refractivity contribution in [3.05, 3.63) is 35.5 Å². The van der Waals surface area contributed by atoms with Crippen molar-refractivity contribution in [3.8, 4) is 0 Å². The van der Waals surface area contributed by atoms with Gasteiger partial charge in [0.25, 0.3) is 0 Å².